The van der Waals surface area contributed by atoms with Gasteiger partial charge in [-0.1, -0.05) is 18.2 Å². The lowest BCUT2D eigenvalue weighted by atomic mass is 9.89. The number of carbonyl (C=O) groups is 1. The first-order valence-electron chi connectivity index (χ1n) is 10.1. The number of likely N-dealkylation sites (tertiary alicyclic amines) is 2. The van der Waals surface area contributed by atoms with E-state index in [1.165, 1.54) is 12.8 Å². The molecule has 1 atom stereocenters. The number of nitrogens with zero attached hydrogens (tertiary/aromatic N) is 2. The Balaban J connectivity index is 1.34. The fourth-order valence-electron chi connectivity index (χ4n) is 4.62. The molecular formula is C21H30N2O3. The van der Waals surface area contributed by atoms with Gasteiger partial charge in [-0.3, -0.25) is 4.79 Å². The van der Waals surface area contributed by atoms with Gasteiger partial charge in [-0.2, -0.15) is 0 Å². The molecule has 0 saturated carbocycles. The van der Waals surface area contributed by atoms with E-state index in [4.69, 9.17) is 4.74 Å². The second-order valence-electron chi connectivity index (χ2n) is 8.18. The number of fused-ring (bicyclic) bond motifs is 1. The van der Waals surface area contributed by atoms with Gasteiger partial charge in [-0.15, -0.1) is 0 Å². The monoisotopic (exact) mass is 358 g/mol. The Morgan fingerprint density at radius 3 is 2.65 bits per heavy atom. The lowest BCUT2D eigenvalue weighted by Crippen LogP contribution is -2.52. The van der Waals surface area contributed by atoms with Crippen LogP contribution in [0.5, 0.6) is 5.75 Å². The minimum Gasteiger partial charge on any atom is -0.493 e. The summed E-state index contributed by atoms with van der Waals surface area (Å²) in [5.74, 6) is 1.14. The van der Waals surface area contributed by atoms with Crippen molar-refractivity contribution in [2.24, 2.45) is 5.92 Å². The number of β-amino-alcohol motifs (C(OH)–C–C–N with tert-alkyl or cyclic N) is 1. The van der Waals surface area contributed by atoms with E-state index in [2.05, 4.69) is 11.0 Å². The molecule has 2 fully saturated rings. The quantitative estimate of drug-likeness (QED) is 0.899. The second-order valence-corrected chi connectivity index (χ2v) is 8.18. The van der Waals surface area contributed by atoms with Gasteiger partial charge in [0.05, 0.1) is 12.2 Å². The Morgan fingerprint density at radius 2 is 1.88 bits per heavy atom. The van der Waals surface area contributed by atoms with Crippen LogP contribution in [0.25, 0.3) is 0 Å². The number of rotatable bonds is 3. The fourth-order valence-corrected chi connectivity index (χ4v) is 4.62. The number of carbonyl (C=O) groups excluding carboxylic acids is 1. The van der Waals surface area contributed by atoms with E-state index in [0.29, 0.717) is 32.5 Å². The number of hydrogen-bond acceptors (Lipinski definition) is 4. The van der Waals surface area contributed by atoms with Crippen LogP contribution >= 0.6 is 0 Å². The van der Waals surface area contributed by atoms with E-state index >= 15 is 0 Å². The molecule has 142 valence electrons. The summed E-state index contributed by atoms with van der Waals surface area (Å²) >= 11 is 0. The van der Waals surface area contributed by atoms with Crippen LogP contribution in [-0.4, -0.2) is 65.7 Å². The molecule has 1 N–H and O–H groups in total. The summed E-state index contributed by atoms with van der Waals surface area (Å²) in [7, 11) is 0. The predicted molar refractivity (Wildman–Crippen MR) is 100 cm³/mol. The number of aliphatic hydroxyl groups is 1. The highest BCUT2D eigenvalue weighted by Crippen LogP contribution is 2.30. The van der Waals surface area contributed by atoms with Gasteiger partial charge >= 0.3 is 0 Å². The average Bonchev–Trinajstić information content (AvgIpc) is 3.04. The average molecular weight is 358 g/mol. The number of amides is 1. The predicted octanol–water partition coefficient (Wildman–Crippen LogP) is 2.08. The molecule has 0 bridgehead atoms. The number of para-hydroxylation sites is 1. The molecule has 1 aromatic rings. The van der Waals surface area contributed by atoms with Crippen molar-refractivity contribution in [2.45, 2.75) is 44.1 Å². The molecule has 0 aliphatic carbocycles. The van der Waals surface area contributed by atoms with Gasteiger partial charge < -0.3 is 19.6 Å². The van der Waals surface area contributed by atoms with E-state index in [9.17, 15) is 9.90 Å². The summed E-state index contributed by atoms with van der Waals surface area (Å²) in [4.78, 5) is 17.4. The third kappa shape index (κ3) is 3.89. The van der Waals surface area contributed by atoms with Gasteiger partial charge in [0.2, 0.25) is 5.91 Å². The van der Waals surface area contributed by atoms with Crippen molar-refractivity contribution in [1.29, 1.82) is 0 Å². The lowest BCUT2D eigenvalue weighted by molar-refractivity contribution is -0.140. The van der Waals surface area contributed by atoms with Gasteiger partial charge in [-0.05, 0) is 63.2 Å². The van der Waals surface area contributed by atoms with Crippen LogP contribution in [0.1, 0.15) is 37.7 Å². The number of ether oxygens (including phenoxy) is 1. The number of piperidine rings is 1. The highest BCUT2D eigenvalue weighted by Gasteiger charge is 2.37. The Labute approximate surface area is 155 Å². The first kappa shape index (κ1) is 17.8. The van der Waals surface area contributed by atoms with Gasteiger partial charge in [0.25, 0.3) is 0 Å². The van der Waals surface area contributed by atoms with Crippen molar-refractivity contribution in [3.8, 4) is 5.75 Å². The second kappa shape index (κ2) is 7.57. The zero-order chi connectivity index (χ0) is 18.0. The molecular weight excluding hydrogens is 328 g/mol. The van der Waals surface area contributed by atoms with Crippen molar-refractivity contribution in [3.05, 3.63) is 29.8 Å². The fraction of sp³-hybridized carbons (Fsp3) is 0.667. The molecule has 1 amide bonds. The molecule has 5 nitrogen and oxygen atoms in total. The normalized spacial score (nSPS) is 26.0. The van der Waals surface area contributed by atoms with Crippen molar-refractivity contribution < 1.29 is 14.6 Å². The molecule has 1 aromatic carbocycles. The van der Waals surface area contributed by atoms with Crippen molar-refractivity contribution in [3.63, 3.8) is 0 Å². The van der Waals surface area contributed by atoms with E-state index in [1.807, 2.05) is 23.1 Å². The Kier molecular flexibility index (Phi) is 5.18. The summed E-state index contributed by atoms with van der Waals surface area (Å²) in [6.45, 7) is 4.91. The maximum Gasteiger partial charge on any atom is 0.226 e. The first-order chi connectivity index (χ1) is 12.6. The Bertz CT molecular complexity index is 634. The van der Waals surface area contributed by atoms with Crippen LogP contribution in [0.3, 0.4) is 0 Å². The summed E-state index contributed by atoms with van der Waals surface area (Å²) in [5, 5.41) is 10.9. The minimum absolute atomic E-state index is 0.0107. The van der Waals surface area contributed by atoms with Crippen molar-refractivity contribution >= 4 is 5.91 Å². The van der Waals surface area contributed by atoms with E-state index in [1.54, 1.807) is 0 Å². The Hall–Kier alpha value is -1.59. The van der Waals surface area contributed by atoms with Crippen molar-refractivity contribution in [2.75, 3.05) is 39.3 Å². The molecule has 26 heavy (non-hydrogen) atoms. The summed E-state index contributed by atoms with van der Waals surface area (Å²) in [6.07, 6.45) is 5.38. The zero-order valence-electron chi connectivity index (χ0n) is 15.5. The van der Waals surface area contributed by atoms with Crippen LogP contribution in [0.2, 0.25) is 0 Å². The van der Waals surface area contributed by atoms with Crippen LogP contribution in [0, 0.1) is 5.92 Å². The van der Waals surface area contributed by atoms with Gasteiger partial charge in [0.1, 0.15) is 5.75 Å². The number of hydrogen-bond donors (Lipinski definition) is 1. The molecule has 5 heteroatoms. The van der Waals surface area contributed by atoms with E-state index in [0.717, 1.165) is 43.8 Å². The number of benzene rings is 1. The van der Waals surface area contributed by atoms with Crippen LogP contribution in [-0.2, 0) is 11.2 Å². The van der Waals surface area contributed by atoms with Crippen LogP contribution < -0.4 is 4.74 Å². The molecule has 3 aliphatic heterocycles. The standard InChI is InChI=1S/C21H30N2O3/c24-20(18-7-14-26-19-6-2-1-5-17(19)15-18)23-12-8-21(25,9-13-23)16-22-10-3-4-11-22/h1-2,5-6,18,25H,3-4,7-16H2. The van der Waals surface area contributed by atoms with Crippen molar-refractivity contribution in [1.82, 2.24) is 9.80 Å². The molecule has 3 aliphatic rings. The molecule has 4 rings (SSSR count). The molecule has 2 saturated heterocycles. The van der Waals surface area contributed by atoms with Gasteiger partial charge in [0, 0.05) is 25.6 Å². The Morgan fingerprint density at radius 1 is 1.15 bits per heavy atom. The zero-order valence-corrected chi connectivity index (χ0v) is 15.5. The summed E-state index contributed by atoms with van der Waals surface area (Å²) < 4.78 is 5.81. The largest absolute Gasteiger partial charge is 0.493 e. The van der Waals surface area contributed by atoms with Gasteiger partial charge in [-0.25, -0.2) is 0 Å². The smallest absolute Gasteiger partial charge is 0.226 e. The SMILES string of the molecule is O=C(C1CCOc2ccccc2C1)N1CCC(O)(CN2CCCC2)CC1. The minimum atomic E-state index is -0.625. The maximum atomic E-state index is 13.0. The van der Waals surface area contributed by atoms with Crippen LogP contribution in [0.15, 0.2) is 24.3 Å². The summed E-state index contributed by atoms with van der Waals surface area (Å²) in [6, 6.07) is 8.04. The van der Waals surface area contributed by atoms with E-state index in [-0.39, 0.29) is 11.8 Å². The molecule has 0 spiro atoms. The molecule has 0 aromatic heterocycles. The molecule has 0 radical (unpaired) electrons. The first-order valence-corrected chi connectivity index (χ1v) is 10.1. The highest BCUT2D eigenvalue weighted by molar-refractivity contribution is 5.79. The van der Waals surface area contributed by atoms with Crippen LogP contribution in [0.4, 0.5) is 0 Å². The highest BCUT2D eigenvalue weighted by atomic mass is 16.5. The third-order valence-corrected chi connectivity index (χ3v) is 6.23. The maximum absolute atomic E-state index is 13.0. The lowest BCUT2D eigenvalue weighted by Gasteiger charge is -2.41. The molecule has 3 heterocycles. The topological polar surface area (TPSA) is 53.0 Å². The third-order valence-electron chi connectivity index (χ3n) is 6.23. The summed E-state index contributed by atoms with van der Waals surface area (Å²) in [5.41, 5.74) is 0.506. The van der Waals surface area contributed by atoms with Gasteiger partial charge in [0.15, 0.2) is 0 Å². The van der Waals surface area contributed by atoms with E-state index < -0.39 is 5.60 Å². The molecule has 1 unspecified atom stereocenters.